The lowest BCUT2D eigenvalue weighted by Crippen LogP contribution is -2.57. The standard InChI is InChI=1S/C7H15N3O/c1-2-9-7(11)5-10-3-6(8)4-10/h6H,2-5,8H2,1H3,(H,9,11). The average Bonchev–Trinajstić information content (AvgIpc) is 1.85. The predicted octanol–water partition coefficient (Wildman–Crippen LogP) is -1.23. The van der Waals surface area contributed by atoms with Gasteiger partial charge >= 0.3 is 0 Å². The molecule has 1 rings (SSSR count). The van der Waals surface area contributed by atoms with Gasteiger partial charge in [-0.2, -0.15) is 0 Å². The van der Waals surface area contributed by atoms with Gasteiger partial charge in [0.1, 0.15) is 0 Å². The van der Waals surface area contributed by atoms with Crippen LogP contribution >= 0.6 is 0 Å². The number of hydrogen-bond acceptors (Lipinski definition) is 3. The van der Waals surface area contributed by atoms with Crippen LogP contribution < -0.4 is 11.1 Å². The second kappa shape index (κ2) is 3.69. The summed E-state index contributed by atoms with van der Waals surface area (Å²) in [6.07, 6.45) is 0. The van der Waals surface area contributed by atoms with Gasteiger partial charge in [0.15, 0.2) is 0 Å². The molecule has 4 nitrogen and oxygen atoms in total. The Morgan fingerprint density at radius 1 is 1.73 bits per heavy atom. The molecule has 0 aliphatic carbocycles. The lowest BCUT2D eigenvalue weighted by molar-refractivity contribution is -0.123. The molecule has 1 amide bonds. The van der Waals surface area contributed by atoms with E-state index in [1.165, 1.54) is 0 Å². The van der Waals surface area contributed by atoms with E-state index in [-0.39, 0.29) is 11.9 Å². The zero-order chi connectivity index (χ0) is 8.27. The van der Waals surface area contributed by atoms with Gasteiger partial charge in [-0.25, -0.2) is 0 Å². The van der Waals surface area contributed by atoms with Crippen molar-refractivity contribution in [3.05, 3.63) is 0 Å². The topological polar surface area (TPSA) is 58.4 Å². The molecule has 0 saturated carbocycles. The number of carbonyl (C=O) groups is 1. The van der Waals surface area contributed by atoms with Crippen LogP contribution in [-0.2, 0) is 4.79 Å². The molecular weight excluding hydrogens is 142 g/mol. The van der Waals surface area contributed by atoms with Crippen LogP contribution in [0.25, 0.3) is 0 Å². The first-order valence-electron chi connectivity index (χ1n) is 3.97. The van der Waals surface area contributed by atoms with Crippen LogP contribution in [0.5, 0.6) is 0 Å². The van der Waals surface area contributed by atoms with Crippen molar-refractivity contribution in [3.63, 3.8) is 0 Å². The van der Waals surface area contributed by atoms with E-state index in [1.54, 1.807) is 0 Å². The summed E-state index contributed by atoms with van der Waals surface area (Å²) in [6.45, 7) is 4.84. The third-order valence-corrected chi connectivity index (χ3v) is 1.73. The quantitative estimate of drug-likeness (QED) is 0.539. The Labute approximate surface area is 66.7 Å². The van der Waals surface area contributed by atoms with Crippen LogP contribution in [0.2, 0.25) is 0 Å². The zero-order valence-electron chi connectivity index (χ0n) is 6.84. The van der Waals surface area contributed by atoms with Crippen molar-refractivity contribution < 1.29 is 4.79 Å². The highest BCUT2D eigenvalue weighted by atomic mass is 16.2. The number of rotatable bonds is 3. The number of likely N-dealkylation sites (N-methyl/N-ethyl adjacent to an activating group) is 1. The second-order valence-corrected chi connectivity index (χ2v) is 2.91. The molecule has 3 N–H and O–H groups in total. The molecule has 0 unspecified atom stereocenters. The monoisotopic (exact) mass is 157 g/mol. The van der Waals surface area contributed by atoms with E-state index in [0.29, 0.717) is 13.1 Å². The van der Waals surface area contributed by atoms with Crippen LogP contribution in [0.15, 0.2) is 0 Å². The summed E-state index contributed by atoms with van der Waals surface area (Å²) in [5.41, 5.74) is 5.55. The summed E-state index contributed by atoms with van der Waals surface area (Å²) < 4.78 is 0. The molecule has 0 spiro atoms. The molecule has 1 saturated heterocycles. The van der Waals surface area contributed by atoms with Crippen molar-refractivity contribution in [3.8, 4) is 0 Å². The van der Waals surface area contributed by atoms with Gasteiger partial charge in [0.25, 0.3) is 0 Å². The first kappa shape index (κ1) is 8.49. The van der Waals surface area contributed by atoms with Crippen molar-refractivity contribution >= 4 is 5.91 Å². The predicted molar refractivity (Wildman–Crippen MR) is 43.1 cm³/mol. The summed E-state index contributed by atoms with van der Waals surface area (Å²) in [5.74, 6) is 0.0967. The fourth-order valence-corrected chi connectivity index (χ4v) is 1.20. The third-order valence-electron chi connectivity index (χ3n) is 1.73. The number of nitrogens with two attached hydrogens (primary N) is 1. The Kier molecular flexibility index (Phi) is 2.84. The third kappa shape index (κ3) is 2.48. The summed E-state index contributed by atoms with van der Waals surface area (Å²) in [6, 6.07) is 0.282. The van der Waals surface area contributed by atoms with Crippen molar-refractivity contribution in [2.75, 3.05) is 26.2 Å². The SMILES string of the molecule is CCNC(=O)CN1CC(N)C1. The van der Waals surface area contributed by atoms with Gasteiger partial charge < -0.3 is 11.1 Å². The van der Waals surface area contributed by atoms with E-state index >= 15 is 0 Å². The number of amides is 1. The van der Waals surface area contributed by atoms with Crippen molar-refractivity contribution in [1.29, 1.82) is 0 Å². The van der Waals surface area contributed by atoms with Gasteiger partial charge in [-0.05, 0) is 6.92 Å². The molecule has 11 heavy (non-hydrogen) atoms. The number of nitrogens with zero attached hydrogens (tertiary/aromatic N) is 1. The molecule has 0 aromatic rings. The molecular formula is C7H15N3O. The molecule has 1 aliphatic heterocycles. The summed E-state index contributed by atoms with van der Waals surface area (Å²) in [7, 11) is 0. The fourth-order valence-electron chi connectivity index (χ4n) is 1.20. The highest BCUT2D eigenvalue weighted by Gasteiger charge is 2.24. The lowest BCUT2D eigenvalue weighted by atomic mass is 10.1. The van der Waals surface area contributed by atoms with Gasteiger partial charge in [-0.3, -0.25) is 9.69 Å². The molecule has 1 fully saturated rings. The number of nitrogens with one attached hydrogen (secondary N) is 1. The Bertz CT molecular complexity index is 143. The molecule has 0 aromatic heterocycles. The maximum atomic E-state index is 11.0. The number of hydrogen-bond donors (Lipinski definition) is 2. The second-order valence-electron chi connectivity index (χ2n) is 2.91. The summed E-state index contributed by atoms with van der Waals surface area (Å²) in [5, 5.41) is 2.74. The van der Waals surface area contributed by atoms with Crippen LogP contribution in [0.4, 0.5) is 0 Å². The van der Waals surface area contributed by atoms with E-state index in [9.17, 15) is 4.79 Å². The van der Waals surface area contributed by atoms with Crippen molar-refractivity contribution in [1.82, 2.24) is 10.2 Å². The molecule has 64 valence electrons. The maximum absolute atomic E-state index is 11.0. The summed E-state index contributed by atoms with van der Waals surface area (Å²) in [4.78, 5) is 13.0. The van der Waals surface area contributed by atoms with Crippen LogP contribution in [0.1, 0.15) is 6.92 Å². The van der Waals surface area contributed by atoms with Gasteiger partial charge in [0.05, 0.1) is 6.54 Å². The largest absolute Gasteiger partial charge is 0.355 e. The van der Waals surface area contributed by atoms with Crippen molar-refractivity contribution in [2.45, 2.75) is 13.0 Å². The first-order chi connectivity index (χ1) is 5.22. The molecule has 1 heterocycles. The zero-order valence-corrected chi connectivity index (χ0v) is 6.84. The molecule has 0 bridgehead atoms. The van der Waals surface area contributed by atoms with Gasteiger partial charge in [0, 0.05) is 25.7 Å². The normalized spacial score (nSPS) is 19.5. The smallest absolute Gasteiger partial charge is 0.234 e. The minimum Gasteiger partial charge on any atom is -0.355 e. The maximum Gasteiger partial charge on any atom is 0.234 e. The number of likely N-dealkylation sites (tertiary alicyclic amines) is 1. The summed E-state index contributed by atoms with van der Waals surface area (Å²) >= 11 is 0. The number of carbonyl (C=O) groups excluding carboxylic acids is 1. The van der Waals surface area contributed by atoms with Crippen LogP contribution in [0.3, 0.4) is 0 Å². The lowest BCUT2D eigenvalue weighted by Gasteiger charge is -2.35. The molecule has 0 aromatic carbocycles. The highest BCUT2D eigenvalue weighted by Crippen LogP contribution is 2.02. The van der Waals surface area contributed by atoms with Gasteiger partial charge in [0.2, 0.25) is 5.91 Å². The molecule has 0 radical (unpaired) electrons. The highest BCUT2D eigenvalue weighted by molar-refractivity contribution is 5.78. The Morgan fingerprint density at radius 2 is 2.36 bits per heavy atom. The molecule has 1 aliphatic rings. The van der Waals surface area contributed by atoms with Crippen molar-refractivity contribution in [2.24, 2.45) is 5.73 Å². The van der Waals surface area contributed by atoms with E-state index in [4.69, 9.17) is 5.73 Å². The van der Waals surface area contributed by atoms with E-state index in [2.05, 4.69) is 5.32 Å². The van der Waals surface area contributed by atoms with Crippen LogP contribution in [0, 0.1) is 0 Å². The van der Waals surface area contributed by atoms with Gasteiger partial charge in [-0.15, -0.1) is 0 Å². The minimum absolute atomic E-state index is 0.0967. The van der Waals surface area contributed by atoms with E-state index in [0.717, 1.165) is 13.1 Å². The Hall–Kier alpha value is -0.610. The van der Waals surface area contributed by atoms with E-state index < -0.39 is 0 Å². The molecule has 4 heteroatoms. The Balaban J connectivity index is 2.07. The van der Waals surface area contributed by atoms with Gasteiger partial charge in [-0.1, -0.05) is 0 Å². The Morgan fingerprint density at radius 3 is 2.82 bits per heavy atom. The molecule has 0 atom stereocenters. The first-order valence-corrected chi connectivity index (χ1v) is 3.97. The fraction of sp³-hybridized carbons (Fsp3) is 0.857. The average molecular weight is 157 g/mol. The minimum atomic E-state index is 0.0967. The van der Waals surface area contributed by atoms with Crippen LogP contribution in [-0.4, -0.2) is 43.0 Å². The van der Waals surface area contributed by atoms with E-state index in [1.807, 2.05) is 11.8 Å².